The number of thioether (sulfide) groups is 1. The maximum Gasteiger partial charge on any atom is 0.164 e. The van der Waals surface area contributed by atoms with Crippen molar-refractivity contribution in [3.8, 4) is 0 Å². The van der Waals surface area contributed by atoms with Gasteiger partial charge in [-0.1, -0.05) is 50.9 Å². The predicted molar refractivity (Wildman–Crippen MR) is 107 cm³/mol. The molecule has 0 N–H and O–H groups in total. The highest BCUT2D eigenvalue weighted by atomic mass is 79.9. The summed E-state index contributed by atoms with van der Waals surface area (Å²) in [6.45, 7) is 4.11. The third-order valence-electron chi connectivity index (χ3n) is 3.98. The highest BCUT2D eigenvalue weighted by Crippen LogP contribution is 2.39. The number of anilines is 1. The number of allylic oxidation sites excluding steroid dienone is 1. The number of halogens is 2. The summed E-state index contributed by atoms with van der Waals surface area (Å²) in [5.41, 5.74) is 2.06. The Labute approximate surface area is 160 Å². The van der Waals surface area contributed by atoms with Gasteiger partial charge in [-0.25, -0.2) is 8.42 Å². The molecule has 8 heteroatoms. The normalized spacial score (nSPS) is 24.7. The van der Waals surface area contributed by atoms with Gasteiger partial charge in [0.15, 0.2) is 15.0 Å². The van der Waals surface area contributed by atoms with Crippen LogP contribution in [0.3, 0.4) is 0 Å². The van der Waals surface area contributed by atoms with Crippen LogP contribution in [0.1, 0.15) is 13.8 Å². The number of rotatable bonds is 3. The molecule has 0 unspecified atom stereocenters. The first-order valence-electron chi connectivity index (χ1n) is 7.55. The Hall–Kier alpha value is -0.500. The molecule has 130 valence electrons. The summed E-state index contributed by atoms with van der Waals surface area (Å²) in [6, 6.07) is 5.28. The SMILES string of the molecule is CC(C)=CCSC1=N[C@@H]2CS(=O)(=O)C[C@H]2N1c1ccc(Br)cc1Cl. The van der Waals surface area contributed by atoms with E-state index in [-0.39, 0.29) is 23.6 Å². The fraction of sp³-hybridized carbons (Fsp3) is 0.438. The highest BCUT2D eigenvalue weighted by Gasteiger charge is 2.47. The van der Waals surface area contributed by atoms with Gasteiger partial charge in [0.1, 0.15) is 0 Å². The summed E-state index contributed by atoms with van der Waals surface area (Å²) < 4.78 is 24.9. The van der Waals surface area contributed by atoms with Gasteiger partial charge in [0, 0.05) is 10.2 Å². The van der Waals surface area contributed by atoms with Crippen molar-refractivity contribution < 1.29 is 8.42 Å². The van der Waals surface area contributed by atoms with E-state index in [2.05, 4.69) is 35.9 Å². The summed E-state index contributed by atoms with van der Waals surface area (Å²) in [6.07, 6.45) is 2.14. The number of aliphatic imine (C=N–C) groups is 1. The maximum atomic E-state index is 12.0. The van der Waals surface area contributed by atoms with Crippen molar-refractivity contribution >= 4 is 60.0 Å². The van der Waals surface area contributed by atoms with Crippen LogP contribution in [0.5, 0.6) is 0 Å². The van der Waals surface area contributed by atoms with E-state index in [1.54, 1.807) is 11.8 Å². The van der Waals surface area contributed by atoms with E-state index < -0.39 is 9.84 Å². The molecule has 0 amide bonds. The van der Waals surface area contributed by atoms with Crippen molar-refractivity contribution in [2.45, 2.75) is 25.9 Å². The lowest BCUT2D eigenvalue weighted by Crippen LogP contribution is -2.39. The molecule has 0 aliphatic carbocycles. The molecular formula is C16H18BrClN2O2S2. The molecule has 0 aromatic heterocycles. The van der Waals surface area contributed by atoms with Crippen LogP contribution in [0, 0.1) is 0 Å². The topological polar surface area (TPSA) is 49.7 Å². The molecule has 3 rings (SSSR count). The average molecular weight is 450 g/mol. The average Bonchev–Trinajstić information content (AvgIpc) is 2.91. The van der Waals surface area contributed by atoms with Crippen LogP contribution in [0.15, 0.2) is 39.3 Å². The van der Waals surface area contributed by atoms with Crippen molar-refractivity contribution in [1.82, 2.24) is 0 Å². The third-order valence-corrected chi connectivity index (χ3v) is 7.37. The maximum absolute atomic E-state index is 12.0. The molecule has 2 heterocycles. The largest absolute Gasteiger partial charge is 0.313 e. The van der Waals surface area contributed by atoms with Gasteiger partial charge in [0.05, 0.1) is 34.3 Å². The van der Waals surface area contributed by atoms with Gasteiger partial charge in [-0.2, -0.15) is 0 Å². The van der Waals surface area contributed by atoms with E-state index in [9.17, 15) is 8.42 Å². The van der Waals surface area contributed by atoms with Crippen molar-refractivity contribution in [2.75, 3.05) is 22.2 Å². The van der Waals surface area contributed by atoms with E-state index >= 15 is 0 Å². The van der Waals surface area contributed by atoms with Gasteiger partial charge in [-0.3, -0.25) is 4.99 Å². The smallest absolute Gasteiger partial charge is 0.164 e. The molecule has 2 aliphatic rings. The second-order valence-electron chi connectivity index (χ2n) is 6.18. The van der Waals surface area contributed by atoms with Crippen LogP contribution in [-0.2, 0) is 9.84 Å². The zero-order chi connectivity index (χ0) is 17.5. The van der Waals surface area contributed by atoms with Gasteiger partial charge >= 0.3 is 0 Å². The standard InChI is InChI=1S/C16H18BrClN2O2S2/c1-10(2)5-6-23-16-19-13-8-24(21,22)9-15(13)20(16)14-4-3-11(17)7-12(14)18/h3-5,7,13,15H,6,8-9H2,1-2H3/t13-,15-/m1/s1. The molecule has 2 atom stereocenters. The number of amidine groups is 1. The summed E-state index contributed by atoms with van der Waals surface area (Å²) >= 11 is 11.5. The molecule has 0 radical (unpaired) electrons. The highest BCUT2D eigenvalue weighted by molar-refractivity contribution is 9.10. The zero-order valence-electron chi connectivity index (χ0n) is 13.4. The molecule has 0 bridgehead atoms. The predicted octanol–water partition coefficient (Wildman–Crippen LogP) is 4.14. The number of fused-ring (bicyclic) bond motifs is 1. The van der Waals surface area contributed by atoms with Crippen molar-refractivity contribution in [2.24, 2.45) is 4.99 Å². The first-order chi connectivity index (χ1) is 11.3. The minimum atomic E-state index is -3.05. The van der Waals surface area contributed by atoms with Crippen LogP contribution < -0.4 is 4.90 Å². The van der Waals surface area contributed by atoms with Gasteiger partial charge in [-0.05, 0) is 32.0 Å². The van der Waals surface area contributed by atoms with E-state index in [0.717, 1.165) is 21.1 Å². The van der Waals surface area contributed by atoms with E-state index in [0.29, 0.717) is 5.02 Å². The first-order valence-corrected chi connectivity index (χ1v) is 11.5. The summed E-state index contributed by atoms with van der Waals surface area (Å²) in [5, 5.41) is 1.44. The second kappa shape index (κ2) is 7.02. The molecule has 4 nitrogen and oxygen atoms in total. The molecule has 24 heavy (non-hydrogen) atoms. The van der Waals surface area contributed by atoms with Gasteiger partial charge in [0.2, 0.25) is 0 Å². The zero-order valence-corrected chi connectivity index (χ0v) is 17.3. The molecule has 1 fully saturated rings. The second-order valence-corrected chi connectivity index (χ2v) is 10.6. The number of benzene rings is 1. The van der Waals surface area contributed by atoms with Gasteiger partial charge in [-0.15, -0.1) is 0 Å². The Morgan fingerprint density at radius 3 is 2.88 bits per heavy atom. The number of hydrogen-bond acceptors (Lipinski definition) is 5. The Balaban J connectivity index is 1.95. The van der Waals surface area contributed by atoms with Crippen LogP contribution in [0.4, 0.5) is 5.69 Å². The van der Waals surface area contributed by atoms with E-state index in [4.69, 9.17) is 16.6 Å². The molecule has 0 spiro atoms. The molecular weight excluding hydrogens is 432 g/mol. The van der Waals surface area contributed by atoms with Crippen LogP contribution in [0.25, 0.3) is 0 Å². The molecule has 1 aromatic rings. The summed E-state index contributed by atoms with van der Waals surface area (Å²) in [7, 11) is -3.05. The Morgan fingerprint density at radius 1 is 1.46 bits per heavy atom. The van der Waals surface area contributed by atoms with Gasteiger partial charge < -0.3 is 4.90 Å². The molecule has 1 aromatic carbocycles. The Morgan fingerprint density at radius 2 is 2.21 bits per heavy atom. The fourth-order valence-electron chi connectivity index (χ4n) is 2.87. The first kappa shape index (κ1) is 18.3. The molecule has 2 aliphatic heterocycles. The van der Waals surface area contributed by atoms with E-state index in [1.165, 1.54) is 5.57 Å². The lowest BCUT2D eigenvalue weighted by molar-refractivity contribution is 0.601. The van der Waals surface area contributed by atoms with E-state index in [1.807, 2.05) is 23.1 Å². The summed E-state index contributed by atoms with van der Waals surface area (Å²) in [5.74, 6) is 1.05. The number of nitrogens with zero attached hydrogens (tertiary/aromatic N) is 2. The molecule has 1 saturated heterocycles. The Bertz CT molecular complexity index is 819. The van der Waals surface area contributed by atoms with Crippen LogP contribution in [0.2, 0.25) is 5.02 Å². The molecule has 0 saturated carbocycles. The minimum absolute atomic E-state index is 0.120. The lowest BCUT2D eigenvalue weighted by Gasteiger charge is -2.27. The lowest BCUT2D eigenvalue weighted by atomic mass is 10.1. The summed E-state index contributed by atoms with van der Waals surface area (Å²) in [4.78, 5) is 6.70. The quantitative estimate of drug-likeness (QED) is 0.651. The van der Waals surface area contributed by atoms with Crippen LogP contribution >= 0.6 is 39.3 Å². The third kappa shape index (κ3) is 3.84. The van der Waals surface area contributed by atoms with Crippen molar-refractivity contribution in [3.63, 3.8) is 0 Å². The van der Waals surface area contributed by atoms with Crippen LogP contribution in [-0.4, -0.2) is 42.9 Å². The minimum Gasteiger partial charge on any atom is -0.313 e. The van der Waals surface area contributed by atoms with Gasteiger partial charge in [0.25, 0.3) is 0 Å². The number of hydrogen-bond donors (Lipinski definition) is 0. The number of sulfone groups is 1. The van der Waals surface area contributed by atoms with Crippen molar-refractivity contribution in [3.05, 3.63) is 39.3 Å². The Kier molecular flexibility index (Phi) is 5.35. The van der Waals surface area contributed by atoms with Crippen molar-refractivity contribution in [1.29, 1.82) is 0 Å². The monoisotopic (exact) mass is 448 g/mol. The fourth-order valence-corrected chi connectivity index (χ4v) is 6.63.